The number of nitrogen functional groups attached to an aromatic ring is 1. The highest BCUT2D eigenvalue weighted by Crippen LogP contribution is 2.29. The van der Waals surface area contributed by atoms with Crippen molar-refractivity contribution in [3.63, 3.8) is 0 Å². The van der Waals surface area contributed by atoms with Crippen molar-refractivity contribution in [2.24, 2.45) is 5.92 Å². The van der Waals surface area contributed by atoms with Gasteiger partial charge in [-0.05, 0) is 18.8 Å². The number of piperidine rings is 1. The van der Waals surface area contributed by atoms with Gasteiger partial charge < -0.3 is 15.4 Å². The van der Waals surface area contributed by atoms with Crippen LogP contribution in [0, 0.1) is 16.0 Å². The molecular formula is C11H17N5O3. The number of hydrogen-bond donors (Lipinski definition) is 1. The van der Waals surface area contributed by atoms with Crippen LogP contribution in [-0.4, -0.2) is 41.7 Å². The molecule has 0 amide bonds. The highest BCUT2D eigenvalue weighted by molar-refractivity contribution is 5.58. The largest absolute Gasteiger partial charge is 0.384 e. The van der Waals surface area contributed by atoms with Crippen LogP contribution in [0.4, 0.5) is 17.5 Å². The molecule has 0 radical (unpaired) electrons. The van der Waals surface area contributed by atoms with Crippen molar-refractivity contribution in [3.05, 3.63) is 16.3 Å². The Morgan fingerprint density at radius 2 is 2.47 bits per heavy atom. The van der Waals surface area contributed by atoms with Crippen LogP contribution in [0.25, 0.3) is 0 Å². The molecular weight excluding hydrogens is 250 g/mol. The summed E-state index contributed by atoms with van der Waals surface area (Å²) in [5.74, 6) is 0.710. The van der Waals surface area contributed by atoms with Gasteiger partial charge in [0.1, 0.15) is 6.20 Å². The van der Waals surface area contributed by atoms with E-state index in [-0.39, 0.29) is 11.6 Å². The second-order valence-corrected chi connectivity index (χ2v) is 4.60. The summed E-state index contributed by atoms with van der Waals surface area (Å²) in [6.07, 6.45) is 3.17. The standard InChI is InChI=1S/C11H17N5O3/c1-19-7-8-3-2-4-15(6-8)10-9(16(17)18)5-13-11(12)14-10/h5,8H,2-4,6-7H2,1H3,(H2,12,13,14). The molecule has 1 aliphatic rings. The van der Waals surface area contributed by atoms with Gasteiger partial charge in [0.15, 0.2) is 0 Å². The Morgan fingerprint density at radius 3 is 3.16 bits per heavy atom. The van der Waals surface area contributed by atoms with E-state index in [1.807, 2.05) is 4.90 Å². The molecule has 8 heteroatoms. The van der Waals surface area contributed by atoms with Crippen molar-refractivity contribution in [2.45, 2.75) is 12.8 Å². The first-order valence-electron chi connectivity index (χ1n) is 6.12. The molecule has 0 saturated carbocycles. The molecule has 2 N–H and O–H groups in total. The molecule has 8 nitrogen and oxygen atoms in total. The van der Waals surface area contributed by atoms with Gasteiger partial charge in [-0.25, -0.2) is 4.98 Å². The molecule has 1 aromatic rings. The Hall–Kier alpha value is -1.96. The second kappa shape index (κ2) is 5.79. The fraction of sp³-hybridized carbons (Fsp3) is 0.636. The number of nitro groups is 1. The van der Waals surface area contributed by atoms with Gasteiger partial charge in [-0.1, -0.05) is 0 Å². The molecule has 1 aromatic heterocycles. The summed E-state index contributed by atoms with van der Waals surface area (Å²) in [4.78, 5) is 20.1. The summed E-state index contributed by atoms with van der Waals surface area (Å²) in [5, 5.41) is 11.0. The lowest BCUT2D eigenvalue weighted by Gasteiger charge is -2.32. The van der Waals surface area contributed by atoms with Crippen molar-refractivity contribution in [1.29, 1.82) is 0 Å². The quantitative estimate of drug-likeness (QED) is 0.635. The summed E-state index contributed by atoms with van der Waals surface area (Å²) < 4.78 is 5.15. The zero-order chi connectivity index (χ0) is 13.8. The third kappa shape index (κ3) is 3.08. The van der Waals surface area contributed by atoms with Crippen LogP contribution in [0.5, 0.6) is 0 Å². The van der Waals surface area contributed by atoms with Crippen LogP contribution >= 0.6 is 0 Å². The molecule has 104 valence electrons. The summed E-state index contributed by atoms with van der Waals surface area (Å²) in [5.41, 5.74) is 5.43. The maximum absolute atomic E-state index is 11.0. The minimum absolute atomic E-state index is 0.0504. The van der Waals surface area contributed by atoms with E-state index in [0.717, 1.165) is 25.6 Å². The Labute approximate surface area is 110 Å². The van der Waals surface area contributed by atoms with Gasteiger partial charge in [-0.3, -0.25) is 10.1 Å². The molecule has 1 saturated heterocycles. The highest BCUT2D eigenvalue weighted by Gasteiger charge is 2.27. The van der Waals surface area contributed by atoms with Crippen molar-refractivity contribution >= 4 is 17.5 Å². The van der Waals surface area contributed by atoms with Crippen LogP contribution in [-0.2, 0) is 4.74 Å². The number of nitrogens with two attached hydrogens (primary N) is 1. The lowest BCUT2D eigenvalue weighted by Crippen LogP contribution is -2.38. The van der Waals surface area contributed by atoms with E-state index in [9.17, 15) is 10.1 Å². The zero-order valence-electron chi connectivity index (χ0n) is 10.8. The van der Waals surface area contributed by atoms with Crippen molar-refractivity contribution in [1.82, 2.24) is 9.97 Å². The van der Waals surface area contributed by atoms with E-state index in [2.05, 4.69) is 9.97 Å². The van der Waals surface area contributed by atoms with Crippen LogP contribution < -0.4 is 10.6 Å². The molecule has 0 bridgehead atoms. The third-order valence-corrected chi connectivity index (χ3v) is 3.19. The molecule has 2 rings (SSSR count). The second-order valence-electron chi connectivity index (χ2n) is 4.60. The van der Waals surface area contributed by atoms with Crippen molar-refractivity contribution in [3.8, 4) is 0 Å². The number of aromatic nitrogens is 2. The summed E-state index contributed by atoms with van der Waals surface area (Å²) >= 11 is 0. The molecule has 2 heterocycles. The van der Waals surface area contributed by atoms with Crippen LogP contribution in [0.1, 0.15) is 12.8 Å². The molecule has 1 aliphatic heterocycles. The molecule has 0 aliphatic carbocycles. The average molecular weight is 267 g/mol. The molecule has 0 spiro atoms. The van der Waals surface area contributed by atoms with Gasteiger partial charge in [0, 0.05) is 20.2 Å². The lowest BCUT2D eigenvalue weighted by atomic mass is 9.99. The molecule has 1 fully saturated rings. The molecule has 0 aromatic carbocycles. The fourth-order valence-electron chi connectivity index (χ4n) is 2.37. The van der Waals surface area contributed by atoms with E-state index < -0.39 is 4.92 Å². The first-order chi connectivity index (χ1) is 9.11. The Morgan fingerprint density at radius 1 is 1.68 bits per heavy atom. The van der Waals surface area contributed by atoms with E-state index in [1.54, 1.807) is 7.11 Å². The maximum Gasteiger partial charge on any atom is 0.329 e. The van der Waals surface area contributed by atoms with E-state index in [0.29, 0.717) is 24.9 Å². The Balaban J connectivity index is 2.24. The number of rotatable bonds is 4. The Kier molecular flexibility index (Phi) is 4.10. The van der Waals surface area contributed by atoms with Gasteiger partial charge in [-0.2, -0.15) is 4.98 Å². The van der Waals surface area contributed by atoms with Crippen molar-refractivity contribution < 1.29 is 9.66 Å². The van der Waals surface area contributed by atoms with Crippen LogP contribution in [0.3, 0.4) is 0 Å². The predicted octanol–water partition coefficient (Wildman–Crippen LogP) is 0.830. The average Bonchev–Trinajstić information content (AvgIpc) is 2.39. The van der Waals surface area contributed by atoms with Gasteiger partial charge in [0.05, 0.1) is 11.5 Å². The van der Waals surface area contributed by atoms with Gasteiger partial charge in [0.2, 0.25) is 11.8 Å². The SMILES string of the molecule is COCC1CCCN(c2nc(N)ncc2[N+](=O)[O-])C1. The summed E-state index contributed by atoms with van der Waals surface area (Å²) in [6, 6.07) is 0. The van der Waals surface area contributed by atoms with Gasteiger partial charge in [0.25, 0.3) is 0 Å². The lowest BCUT2D eigenvalue weighted by molar-refractivity contribution is -0.384. The number of nitrogens with zero attached hydrogens (tertiary/aromatic N) is 4. The first kappa shape index (κ1) is 13.5. The van der Waals surface area contributed by atoms with E-state index in [4.69, 9.17) is 10.5 Å². The smallest absolute Gasteiger partial charge is 0.329 e. The maximum atomic E-state index is 11.0. The van der Waals surface area contributed by atoms with Gasteiger partial charge in [-0.15, -0.1) is 0 Å². The minimum Gasteiger partial charge on any atom is -0.384 e. The number of methoxy groups -OCH3 is 1. The van der Waals surface area contributed by atoms with E-state index >= 15 is 0 Å². The fourth-order valence-corrected chi connectivity index (χ4v) is 2.37. The normalized spacial score (nSPS) is 19.4. The highest BCUT2D eigenvalue weighted by atomic mass is 16.6. The predicted molar refractivity (Wildman–Crippen MR) is 69.9 cm³/mol. The number of ether oxygens (including phenoxy) is 1. The van der Waals surface area contributed by atoms with Crippen molar-refractivity contribution in [2.75, 3.05) is 37.4 Å². The monoisotopic (exact) mass is 267 g/mol. The summed E-state index contributed by atoms with van der Waals surface area (Å²) in [6.45, 7) is 2.06. The molecule has 1 unspecified atom stereocenters. The topological polar surface area (TPSA) is 107 Å². The number of anilines is 2. The molecule has 19 heavy (non-hydrogen) atoms. The number of hydrogen-bond acceptors (Lipinski definition) is 7. The first-order valence-corrected chi connectivity index (χ1v) is 6.12. The minimum atomic E-state index is -0.477. The Bertz CT molecular complexity index is 466. The van der Waals surface area contributed by atoms with E-state index in [1.165, 1.54) is 0 Å². The zero-order valence-corrected chi connectivity index (χ0v) is 10.8. The third-order valence-electron chi connectivity index (χ3n) is 3.19. The van der Waals surface area contributed by atoms with Crippen LogP contribution in [0.2, 0.25) is 0 Å². The van der Waals surface area contributed by atoms with Gasteiger partial charge >= 0.3 is 5.69 Å². The molecule has 1 atom stereocenters. The van der Waals surface area contributed by atoms with Crippen LogP contribution in [0.15, 0.2) is 6.20 Å². The summed E-state index contributed by atoms with van der Waals surface area (Å²) in [7, 11) is 1.66.